The number of nitrogens with zero attached hydrogens (tertiary/aromatic N) is 1. The van der Waals surface area contributed by atoms with Gasteiger partial charge in [-0.25, -0.2) is 13.6 Å². The molecule has 1 aromatic rings. The Morgan fingerprint density at radius 2 is 1.86 bits per heavy atom. The van der Waals surface area contributed by atoms with Crippen molar-refractivity contribution in [3.8, 4) is 0 Å². The fourth-order valence-corrected chi connectivity index (χ4v) is 0.878. The van der Waals surface area contributed by atoms with Gasteiger partial charge in [0.2, 0.25) is 0 Å². The largest absolute Gasteiger partial charge is 0.478 e. The summed E-state index contributed by atoms with van der Waals surface area (Å²) >= 11 is 0. The summed E-state index contributed by atoms with van der Waals surface area (Å²) < 4.78 is 49.2. The maximum atomic E-state index is 12.7. The van der Waals surface area contributed by atoms with Crippen molar-refractivity contribution >= 4 is 11.7 Å². The monoisotopic (exact) mass is 209 g/mol. The standard InChI is InChI=1S/C7H3F4NO2/c8-4-2-1-3(7(13)14)6(5(4)9)12(10)11/h1-2H,(H,13,14). The van der Waals surface area contributed by atoms with Crippen LogP contribution in [0.15, 0.2) is 12.1 Å². The van der Waals surface area contributed by atoms with E-state index in [1.165, 1.54) is 0 Å². The molecule has 1 aromatic carbocycles. The number of hydrogen-bond acceptors (Lipinski definition) is 2. The average molecular weight is 209 g/mol. The van der Waals surface area contributed by atoms with Gasteiger partial charge in [0.15, 0.2) is 17.3 Å². The molecule has 14 heavy (non-hydrogen) atoms. The summed E-state index contributed by atoms with van der Waals surface area (Å²) in [5, 5.41) is 6.60. The molecule has 1 N–H and O–H groups in total. The quantitative estimate of drug-likeness (QED) is 0.599. The second-order valence-corrected chi connectivity index (χ2v) is 2.30. The fourth-order valence-electron chi connectivity index (χ4n) is 0.878. The van der Waals surface area contributed by atoms with E-state index in [0.717, 1.165) is 0 Å². The number of aromatic carboxylic acids is 1. The Labute approximate surface area is 75.0 Å². The van der Waals surface area contributed by atoms with Gasteiger partial charge in [-0.2, -0.15) is 0 Å². The van der Waals surface area contributed by atoms with E-state index in [1.807, 2.05) is 0 Å². The molecule has 0 aliphatic heterocycles. The van der Waals surface area contributed by atoms with E-state index >= 15 is 0 Å². The number of benzene rings is 1. The summed E-state index contributed by atoms with van der Waals surface area (Å²) in [5.41, 5.74) is -2.59. The van der Waals surface area contributed by atoms with Crippen LogP contribution in [0.5, 0.6) is 0 Å². The van der Waals surface area contributed by atoms with Crippen molar-refractivity contribution in [2.45, 2.75) is 0 Å². The molecule has 1 rings (SSSR count). The summed E-state index contributed by atoms with van der Waals surface area (Å²) in [6.07, 6.45) is 0. The van der Waals surface area contributed by atoms with Gasteiger partial charge in [-0.1, -0.05) is 8.96 Å². The molecule has 0 saturated carbocycles. The van der Waals surface area contributed by atoms with Crippen LogP contribution < -0.4 is 5.34 Å². The molecular formula is C7H3F4NO2. The molecule has 0 atom stereocenters. The molecule has 76 valence electrons. The van der Waals surface area contributed by atoms with E-state index in [2.05, 4.69) is 0 Å². The zero-order valence-electron chi connectivity index (χ0n) is 6.47. The Hall–Kier alpha value is -1.79. The van der Waals surface area contributed by atoms with Crippen LogP contribution in [0.2, 0.25) is 0 Å². The van der Waals surface area contributed by atoms with E-state index in [4.69, 9.17) is 5.11 Å². The zero-order valence-corrected chi connectivity index (χ0v) is 6.47. The molecule has 0 aliphatic rings. The van der Waals surface area contributed by atoms with Gasteiger partial charge in [0, 0.05) is 0 Å². The van der Waals surface area contributed by atoms with Crippen molar-refractivity contribution in [2.75, 3.05) is 5.34 Å². The highest BCUT2D eigenvalue weighted by Crippen LogP contribution is 2.27. The molecule has 0 heterocycles. The van der Waals surface area contributed by atoms with Crippen LogP contribution in [0, 0.1) is 11.6 Å². The maximum absolute atomic E-state index is 12.7. The van der Waals surface area contributed by atoms with Crippen LogP contribution in [0.4, 0.5) is 23.4 Å². The number of carbonyl (C=O) groups is 1. The van der Waals surface area contributed by atoms with Crippen molar-refractivity contribution in [3.63, 3.8) is 0 Å². The molecule has 0 amide bonds. The molecule has 0 unspecified atom stereocenters. The van der Waals surface area contributed by atoms with Gasteiger partial charge in [-0.05, 0) is 17.5 Å². The number of carboxylic acids is 1. The third-order valence-electron chi connectivity index (χ3n) is 1.47. The lowest BCUT2D eigenvalue weighted by Gasteiger charge is -2.07. The molecule has 0 bridgehead atoms. The lowest BCUT2D eigenvalue weighted by molar-refractivity contribution is 0.0693. The fraction of sp³-hybridized carbons (Fsp3) is 0. The van der Waals surface area contributed by atoms with Crippen LogP contribution in [0.25, 0.3) is 0 Å². The highest BCUT2D eigenvalue weighted by Gasteiger charge is 2.23. The first-order valence-corrected chi connectivity index (χ1v) is 3.28. The summed E-state index contributed by atoms with van der Waals surface area (Å²) in [6.45, 7) is 0. The first-order valence-electron chi connectivity index (χ1n) is 3.28. The van der Waals surface area contributed by atoms with Crippen molar-refractivity contribution in [2.24, 2.45) is 0 Å². The minimum absolute atomic E-state index is 0.464. The van der Waals surface area contributed by atoms with Crippen molar-refractivity contribution < 1.29 is 27.6 Å². The second-order valence-electron chi connectivity index (χ2n) is 2.30. The molecular weight excluding hydrogens is 206 g/mol. The van der Waals surface area contributed by atoms with Crippen LogP contribution in [-0.2, 0) is 0 Å². The van der Waals surface area contributed by atoms with Gasteiger partial charge in [0.05, 0.1) is 5.56 Å². The van der Waals surface area contributed by atoms with Gasteiger partial charge < -0.3 is 5.11 Å². The summed E-state index contributed by atoms with van der Waals surface area (Å²) in [7, 11) is 0. The number of rotatable bonds is 2. The molecule has 0 saturated heterocycles. The van der Waals surface area contributed by atoms with Gasteiger partial charge >= 0.3 is 5.97 Å². The topological polar surface area (TPSA) is 40.5 Å². The maximum Gasteiger partial charge on any atom is 0.338 e. The first kappa shape index (κ1) is 10.3. The molecule has 0 spiro atoms. The molecule has 0 aromatic heterocycles. The second kappa shape index (κ2) is 3.52. The number of hydrogen-bond donors (Lipinski definition) is 1. The van der Waals surface area contributed by atoms with E-state index in [1.54, 1.807) is 0 Å². The van der Waals surface area contributed by atoms with Crippen LogP contribution >= 0.6 is 0 Å². The minimum atomic E-state index is -1.89. The van der Waals surface area contributed by atoms with Crippen molar-refractivity contribution in [3.05, 3.63) is 29.3 Å². The van der Waals surface area contributed by atoms with Gasteiger partial charge in [-0.3, -0.25) is 0 Å². The summed E-state index contributed by atoms with van der Waals surface area (Å²) in [5.74, 6) is -5.20. The zero-order chi connectivity index (χ0) is 10.9. The molecule has 7 heteroatoms. The van der Waals surface area contributed by atoms with E-state index in [0.29, 0.717) is 12.1 Å². The van der Waals surface area contributed by atoms with Crippen molar-refractivity contribution in [1.82, 2.24) is 0 Å². The summed E-state index contributed by atoms with van der Waals surface area (Å²) in [6, 6.07) is 1.02. The predicted molar refractivity (Wildman–Crippen MR) is 38.0 cm³/mol. The van der Waals surface area contributed by atoms with Gasteiger partial charge in [0.25, 0.3) is 0 Å². The predicted octanol–water partition coefficient (Wildman–Crippen LogP) is 2.24. The Balaban J connectivity index is 3.45. The minimum Gasteiger partial charge on any atom is -0.478 e. The van der Waals surface area contributed by atoms with Gasteiger partial charge in [0.1, 0.15) is 0 Å². The molecule has 0 radical (unpaired) electrons. The highest BCUT2D eigenvalue weighted by molar-refractivity contribution is 5.94. The van der Waals surface area contributed by atoms with E-state index in [9.17, 15) is 22.5 Å². The Morgan fingerprint density at radius 1 is 1.29 bits per heavy atom. The first-order chi connectivity index (χ1) is 6.45. The third kappa shape index (κ3) is 1.61. The molecule has 0 aliphatic carbocycles. The smallest absolute Gasteiger partial charge is 0.338 e. The normalized spacial score (nSPS) is 10.0. The lowest BCUT2D eigenvalue weighted by atomic mass is 10.1. The molecule has 0 fully saturated rings. The Morgan fingerprint density at radius 3 is 2.29 bits per heavy atom. The van der Waals surface area contributed by atoms with Crippen LogP contribution in [-0.4, -0.2) is 11.1 Å². The average Bonchev–Trinajstić information content (AvgIpc) is 2.08. The van der Waals surface area contributed by atoms with Crippen LogP contribution in [0.1, 0.15) is 10.4 Å². The van der Waals surface area contributed by atoms with Crippen LogP contribution in [0.3, 0.4) is 0 Å². The number of halogens is 4. The number of anilines is 1. The lowest BCUT2D eigenvalue weighted by Crippen LogP contribution is -2.09. The van der Waals surface area contributed by atoms with Crippen molar-refractivity contribution in [1.29, 1.82) is 0 Å². The third-order valence-corrected chi connectivity index (χ3v) is 1.47. The van der Waals surface area contributed by atoms with E-state index in [-0.39, 0.29) is 0 Å². The SMILES string of the molecule is O=C(O)c1ccc(F)c(F)c1N(F)F. The van der Waals surface area contributed by atoms with E-state index < -0.39 is 34.2 Å². The number of carboxylic acid groups (broad SMARTS) is 1. The Bertz CT molecular complexity index is 380. The Kier molecular flexibility index (Phi) is 2.59. The highest BCUT2D eigenvalue weighted by atomic mass is 19.4. The molecule has 3 nitrogen and oxygen atoms in total. The summed E-state index contributed by atoms with van der Waals surface area (Å²) in [4.78, 5) is 10.3. The van der Waals surface area contributed by atoms with Gasteiger partial charge in [-0.15, -0.1) is 0 Å².